The summed E-state index contributed by atoms with van der Waals surface area (Å²) in [6.45, 7) is 5.62. The number of amides is 1. The molecule has 0 saturated carbocycles. The van der Waals surface area contributed by atoms with Crippen LogP contribution in [0.3, 0.4) is 0 Å². The van der Waals surface area contributed by atoms with E-state index in [1.165, 1.54) is 0 Å². The average molecular weight is 425 g/mol. The molecule has 2 heterocycles. The Kier molecular flexibility index (Phi) is 6.06. The van der Waals surface area contributed by atoms with Crippen molar-refractivity contribution in [3.8, 4) is 11.4 Å². The van der Waals surface area contributed by atoms with Crippen LogP contribution in [-0.4, -0.2) is 58.8 Å². The fraction of sp³-hybridized carbons (Fsp3) is 0.304. The third kappa shape index (κ3) is 4.35. The molecular formula is C23H25ClN4O2. The number of carbonyl (C=O) groups excluding carboxylic acids is 1. The second-order valence-corrected chi connectivity index (χ2v) is 7.88. The van der Waals surface area contributed by atoms with Crippen molar-refractivity contribution in [3.63, 3.8) is 0 Å². The molecule has 0 aliphatic carbocycles. The number of rotatable bonds is 5. The van der Waals surface area contributed by atoms with Gasteiger partial charge in [-0.1, -0.05) is 29.8 Å². The highest BCUT2D eigenvalue weighted by molar-refractivity contribution is 6.30. The fourth-order valence-corrected chi connectivity index (χ4v) is 3.99. The molecule has 30 heavy (non-hydrogen) atoms. The van der Waals surface area contributed by atoms with Gasteiger partial charge in [0.1, 0.15) is 5.75 Å². The topological polar surface area (TPSA) is 50.6 Å². The molecule has 6 nitrogen and oxygen atoms in total. The van der Waals surface area contributed by atoms with Crippen molar-refractivity contribution in [3.05, 3.63) is 76.6 Å². The highest BCUT2D eigenvalue weighted by Crippen LogP contribution is 2.24. The normalized spacial score (nSPS) is 14.7. The van der Waals surface area contributed by atoms with Crippen LogP contribution in [0.1, 0.15) is 21.7 Å². The van der Waals surface area contributed by atoms with Crippen LogP contribution in [0.2, 0.25) is 5.02 Å². The lowest BCUT2D eigenvalue weighted by Gasteiger charge is -2.34. The second-order valence-electron chi connectivity index (χ2n) is 7.44. The lowest BCUT2D eigenvalue weighted by molar-refractivity contribution is 0.0621. The Hall–Kier alpha value is -2.83. The Balaban J connectivity index is 1.40. The van der Waals surface area contributed by atoms with Gasteiger partial charge in [0.05, 0.1) is 12.8 Å². The lowest BCUT2D eigenvalue weighted by Crippen LogP contribution is -2.48. The molecule has 0 atom stereocenters. The minimum absolute atomic E-state index is 0.0206. The number of nitrogens with zero attached hydrogens (tertiary/aromatic N) is 4. The predicted molar refractivity (Wildman–Crippen MR) is 117 cm³/mol. The fourth-order valence-electron chi connectivity index (χ4n) is 3.79. The molecule has 0 spiro atoms. The summed E-state index contributed by atoms with van der Waals surface area (Å²) in [5.41, 5.74) is 3.44. The van der Waals surface area contributed by atoms with E-state index in [9.17, 15) is 4.79 Å². The van der Waals surface area contributed by atoms with E-state index in [0.717, 1.165) is 42.3 Å². The third-order valence-corrected chi connectivity index (χ3v) is 5.64. The van der Waals surface area contributed by atoms with Gasteiger partial charge in [-0.05, 0) is 43.3 Å². The van der Waals surface area contributed by atoms with Crippen LogP contribution < -0.4 is 4.74 Å². The largest absolute Gasteiger partial charge is 0.496 e. The van der Waals surface area contributed by atoms with Crippen LogP contribution in [0, 0.1) is 6.92 Å². The van der Waals surface area contributed by atoms with Gasteiger partial charge in [-0.25, -0.2) is 4.68 Å². The van der Waals surface area contributed by atoms with E-state index in [0.29, 0.717) is 23.8 Å². The summed E-state index contributed by atoms with van der Waals surface area (Å²) in [6, 6.07) is 17.4. The molecule has 1 fully saturated rings. The molecule has 1 amide bonds. The molecule has 1 aliphatic rings. The maximum absolute atomic E-state index is 13.0. The van der Waals surface area contributed by atoms with Gasteiger partial charge < -0.3 is 9.64 Å². The van der Waals surface area contributed by atoms with Gasteiger partial charge in [0.15, 0.2) is 5.69 Å². The molecule has 2 aromatic carbocycles. The number of hydrogen-bond donors (Lipinski definition) is 0. The minimum atomic E-state index is -0.0206. The maximum atomic E-state index is 13.0. The molecule has 4 rings (SSSR count). The smallest absolute Gasteiger partial charge is 0.274 e. The first-order valence-corrected chi connectivity index (χ1v) is 10.4. The molecule has 1 aliphatic heterocycles. The number of methoxy groups -OCH3 is 1. The predicted octanol–water partition coefficient (Wildman–Crippen LogP) is 3.80. The van der Waals surface area contributed by atoms with E-state index in [4.69, 9.17) is 16.3 Å². The van der Waals surface area contributed by atoms with E-state index < -0.39 is 0 Å². The quantitative estimate of drug-likeness (QED) is 0.625. The summed E-state index contributed by atoms with van der Waals surface area (Å²) in [7, 11) is 1.67. The second kappa shape index (κ2) is 8.90. The van der Waals surface area contributed by atoms with E-state index >= 15 is 0 Å². The van der Waals surface area contributed by atoms with E-state index in [-0.39, 0.29) is 5.91 Å². The first-order valence-electron chi connectivity index (χ1n) is 10.0. The first-order chi connectivity index (χ1) is 14.5. The van der Waals surface area contributed by atoms with Crippen molar-refractivity contribution in [2.24, 2.45) is 0 Å². The Morgan fingerprint density at radius 1 is 1.07 bits per heavy atom. The summed E-state index contributed by atoms with van der Waals surface area (Å²) in [6.07, 6.45) is 0. The zero-order chi connectivity index (χ0) is 21.1. The van der Waals surface area contributed by atoms with Gasteiger partial charge in [-0.15, -0.1) is 0 Å². The summed E-state index contributed by atoms with van der Waals surface area (Å²) in [4.78, 5) is 17.2. The molecule has 3 aromatic rings. The molecule has 1 aromatic heterocycles. The van der Waals surface area contributed by atoms with E-state index in [2.05, 4.69) is 10.00 Å². The van der Waals surface area contributed by atoms with Gasteiger partial charge in [0.2, 0.25) is 0 Å². The molecule has 1 saturated heterocycles. The first kappa shape index (κ1) is 20.4. The average Bonchev–Trinajstić information content (AvgIpc) is 3.16. The molecule has 0 N–H and O–H groups in total. The molecule has 7 heteroatoms. The van der Waals surface area contributed by atoms with Gasteiger partial charge in [-0.3, -0.25) is 9.69 Å². The van der Waals surface area contributed by atoms with E-state index in [1.54, 1.807) is 7.11 Å². The molecule has 0 radical (unpaired) electrons. The van der Waals surface area contributed by atoms with Crippen LogP contribution in [0.4, 0.5) is 0 Å². The Morgan fingerprint density at radius 3 is 2.50 bits per heavy atom. The molecule has 0 bridgehead atoms. The number of ether oxygens (including phenoxy) is 1. The lowest BCUT2D eigenvalue weighted by atomic mass is 10.1. The van der Waals surface area contributed by atoms with Gasteiger partial charge in [0.25, 0.3) is 5.91 Å². The highest BCUT2D eigenvalue weighted by Gasteiger charge is 2.25. The highest BCUT2D eigenvalue weighted by atomic mass is 35.5. The maximum Gasteiger partial charge on any atom is 0.274 e. The van der Waals surface area contributed by atoms with Crippen LogP contribution >= 0.6 is 11.6 Å². The number of hydrogen-bond acceptors (Lipinski definition) is 4. The number of aromatic nitrogens is 2. The minimum Gasteiger partial charge on any atom is -0.496 e. The van der Waals surface area contributed by atoms with Gasteiger partial charge >= 0.3 is 0 Å². The zero-order valence-corrected chi connectivity index (χ0v) is 18.0. The summed E-state index contributed by atoms with van der Waals surface area (Å²) >= 11 is 6.15. The van der Waals surface area contributed by atoms with Crippen LogP contribution in [0.25, 0.3) is 5.69 Å². The van der Waals surface area contributed by atoms with Crippen molar-refractivity contribution in [2.45, 2.75) is 13.5 Å². The summed E-state index contributed by atoms with van der Waals surface area (Å²) < 4.78 is 7.26. The van der Waals surface area contributed by atoms with Crippen molar-refractivity contribution >= 4 is 17.5 Å². The monoisotopic (exact) mass is 424 g/mol. The number of piperazine rings is 1. The zero-order valence-electron chi connectivity index (χ0n) is 17.2. The number of para-hydroxylation sites is 1. The number of halogens is 1. The Labute approximate surface area is 181 Å². The van der Waals surface area contributed by atoms with Crippen LogP contribution in [0.5, 0.6) is 5.75 Å². The van der Waals surface area contributed by atoms with Gasteiger partial charge in [0, 0.05) is 49.0 Å². The van der Waals surface area contributed by atoms with Crippen LogP contribution in [-0.2, 0) is 6.54 Å². The molecular weight excluding hydrogens is 400 g/mol. The van der Waals surface area contributed by atoms with Gasteiger partial charge in [-0.2, -0.15) is 5.10 Å². The molecule has 0 unspecified atom stereocenters. The van der Waals surface area contributed by atoms with E-state index in [1.807, 2.05) is 71.1 Å². The number of aryl methyl sites for hydroxylation is 1. The molecule has 156 valence electrons. The number of benzene rings is 2. The number of carbonyl (C=O) groups is 1. The standard InChI is InChI=1S/C23H25ClN4O2/c1-17-14-21(25-28(17)20-6-4-3-5-7-20)23(29)27-12-10-26(11-13-27)16-18-15-19(24)8-9-22(18)30-2/h3-9,14-15H,10-13,16H2,1-2H3. The summed E-state index contributed by atoms with van der Waals surface area (Å²) in [5, 5.41) is 5.25. The van der Waals surface area contributed by atoms with Crippen LogP contribution in [0.15, 0.2) is 54.6 Å². The third-order valence-electron chi connectivity index (χ3n) is 5.40. The Morgan fingerprint density at radius 2 is 1.80 bits per heavy atom. The van der Waals surface area contributed by atoms with Crippen molar-refractivity contribution < 1.29 is 9.53 Å². The van der Waals surface area contributed by atoms with Crippen molar-refractivity contribution in [2.75, 3.05) is 33.3 Å². The van der Waals surface area contributed by atoms with Crippen molar-refractivity contribution in [1.82, 2.24) is 19.6 Å². The van der Waals surface area contributed by atoms with Crippen molar-refractivity contribution in [1.29, 1.82) is 0 Å². The SMILES string of the molecule is COc1ccc(Cl)cc1CN1CCN(C(=O)c2cc(C)n(-c3ccccc3)n2)CC1. The Bertz CT molecular complexity index is 1030. The summed E-state index contributed by atoms with van der Waals surface area (Å²) in [5.74, 6) is 0.813.